The highest BCUT2D eigenvalue weighted by atomic mass is 19.3. The maximum absolute atomic E-state index is 13.1. The maximum atomic E-state index is 13.1. The lowest BCUT2D eigenvalue weighted by Gasteiger charge is -2.46. The van der Waals surface area contributed by atoms with E-state index in [1.54, 1.807) is 19.3 Å². The number of fused-ring (bicyclic) bond motifs is 2. The van der Waals surface area contributed by atoms with Gasteiger partial charge in [0, 0.05) is 41.1 Å². The van der Waals surface area contributed by atoms with Gasteiger partial charge in [0.25, 0.3) is 6.43 Å². The zero-order valence-corrected chi connectivity index (χ0v) is 18.3. The number of halogens is 2. The van der Waals surface area contributed by atoms with Gasteiger partial charge in [0.1, 0.15) is 11.5 Å². The van der Waals surface area contributed by atoms with Crippen LogP contribution < -0.4 is 5.32 Å². The van der Waals surface area contributed by atoms with Crippen molar-refractivity contribution in [3.63, 3.8) is 0 Å². The molecule has 1 aliphatic heterocycles. The second-order valence-electron chi connectivity index (χ2n) is 9.09. The maximum Gasteiger partial charge on any atom is 0.256 e. The fourth-order valence-electron chi connectivity index (χ4n) is 5.11. The Balaban J connectivity index is 1.26. The largest absolute Gasteiger partial charge is 0.375 e. The molecule has 0 bridgehead atoms. The molecule has 4 aromatic heterocycles. The normalized spacial score (nSPS) is 23.0. The Kier molecular flexibility index (Phi) is 4.79. The van der Waals surface area contributed by atoms with Crippen LogP contribution in [0.4, 0.5) is 14.7 Å². The highest BCUT2D eigenvalue weighted by Gasteiger charge is 2.41. The van der Waals surface area contributed by atoms with Crippen molar-refractivity contribution >= 4 is 28.1 Å². The molecule has 0 radical (unpaired) electrons. The summed E-state index contributed by atoms with van der Waals surface area (Å²) in [5, 5.41) is 4.32. The molecule has 0 aromatic carbocycles. The van der Waals surface area contributed by atoms with E-state index in [0.29, 0.717) is 29.0 Å². The van der Waals surface area contributed by atoms with Gasteiger partial charge in [0.2, 0.25) is 5.95 Å². The smallest absolute Gasteiger partial charge is 0.256 e. The van der Waals surface area contributed by atoms with E-state index in [4.69, 9.17) is 4.74 Å². The van der Waals surface area contributed by atoms with Crippen LogP contribution in [-0.4, -0.2) is 54.2 Å². The van der Waals surface area contributed by atoms with Crippen LogP contribution in [0.1, 0.15) is 37.9 Å². The number of aryl methyl sites for hydroxylation is 1. The van der Waals surface area contributed by atoms with E-state index in [-0.39, 0.29) is 5.60 Å². The molecule has 0 unspecified atom stereocenters. The number of anilines is 1. The van der Waals surface area contributed by atoms with Gasteiger partial charge >= 0.3 is 0 Å². The summed E-state index contributed by atoms with van der Waals surface area (Å²) < 4.78 is 33.4. The van der Waals surface area contributed by atoms with Gasteiger partial charge in [-0.2, -0.15) is 4.98 Å². The predicted molar refractivity (Wildman–Crippen MR) is 120 cm³/mol. The van der Waals surface area contributed by atoms with Crippen molar-refractivity contribution in [1.82, 2.24) is 29.5 Å². The monoisotopic (exact) mass is 453 g/mol. The average Bonchev–Trinajstić information content (AvgIpc) is 3.33. The van der Waals surface area contributed by atoms with Crippen LogP contribution in [0.3, 0.4) is 0 Å². The molecular weight excluding hydrogens is 428 g/mol. The molecule has 2 aliphatic rings. The predicted octanol–water partition coefficient (Wildman–Crippen LogP) is 4.46. The molecule has 1 saturated heterocycles. The summed E-state index contributed by atoms with van der Waals surface area (Å²) in [4.78, 5) is 21.1. The average molecular weight is 453 g/mol. The summed E-state index contributed by atoms with van der Waals surface area (Å²) >= 11 is 0. The molecule has 33 heavy (non-hydrogen) atoms. The molecule has 8 nitrogen and oxygen atoms in total. The van der Waals surface area contributed by atoms with Crippen molar-refractivity contribution in [1.29, 1.82) is 0 Å². The van der Waals surface area contributed by atoms with Gasteiger partial charge in [-0.3, -0.25) is 0 Å². The molecule has 0 amide bonds. The van der Waals surface area contributed by atoms with Crippen molar-refractivity contribution < 1.29 is 13.5 Å². The highest BCUT2D eigenvalue weighted by molar-refractivity contribution is 5.95. The van der Waals surface area contributed by atoms with Crippen LogP contribution in [0.25, 0.3) is 33.3 Å². The van der Waals surface area contributed by atoms with Crippen LogP contribution in [0.5, 0.6) is 0 Å². The molecule has 1 saturated carbocycles. The fourth-order valence-corrected chi connectivity index (χ4v) is 5.11. The Labute approximate surface area is 188 Å². The number of hydrogen-bond donors (Lipinski definition) is 2. The minimum atomic E-state index is -2.46. The van der Waals surface area contributed by atoms with Crippen LogP contribution in [-0.2, 0) is 11.3 Å². The molecule has 6 rings (SSSR count). The first-order valence-corrected chi connectivity index (χ1v) is 11.4. The zero-order chi connectivity index (χ0) is 22.6. The number of ether oxygens (including phenoxy) is 1. The quantitative estimate of drug-likeness (QED) is 0.464. The minimum absolute atomic E-state index is 0.135. The first-order chi connectivity index (χ1) is 16.0. The van der Waals surface area contributed by atoms with Crippen molar-refractivity contribution in [2.45, 2.75) is 63.6 Å². The van der Waals surface area contributed by atoms with E-state index < -0.39 is 13.0 Å². The third kappa shape index (κ3) is 3.62. The van der Waals surface area contributed by atoms with Gasteiger partial charge in [-0.05, 0) is 45.1 Å². The number of imidazole rings is 1. The van der Waals surface area contributed by atoms with Gasteiger partial charge in [-0.25, -0.2) is 23.7 Å². The highest BCUT2D eigenvalue weighted by Crippen LogP contribution is 2.41. The topological polar surface area (TPSA) is 93.5 Å². The number of nitrogens with one attached hydrogen (secondary N) is 2. The molecule has 2 fully saturated rings. The van der Waals surface area contributed by atoms with Gasteiger partial charge in [0.05, 0.1) is 24.3 Å². The summed E-state index contributed by atoms with van der Waals surface area (Å²) in [6, 6.07) is 2.19. The standard InChI is InChI=1S/C23H25F2N7O/c1-13-29-21-18(32(13)12-19(24)25)8-14(9-26-21)16-10-27-20-17(16)11-28-22(31-20)30-15-2-4-23(5-3-15)6-7-33-23/h8-11,15,19H,2-7,12H2,1H3,(H2,27,28,30,31). The first kappa shape index (κ1) is 20.5. The molecule has 2 N–H and O–H groups in total. The third-order valence-corrected chi connectivity index (χ3v) is 7.06. The summed E-state index contributed by atoms with van der Waals surface area (Å²) in [7, 11) is 0. The number of aromatic amines is 1. The van der Waals surface area contributed by atoms with Crippen molar-refractivity contribution in [3.8, 4) is 11.1 Å². The SMILES string of the molecule is Cc1nc2ncc(-c3c[nH]c4nc(NC5CCC6(CCO6)CC5)ncc34)cc2n1CC(F)F. The molecular formula is C23H25F2N7O. The summed E-state index contributed by atoms with van der Waals surface area (Å²) in [6.07, 6.45) is 8.32. The van der Waals surface area contributed by atoms with E-state index in [1.165, 1.54) is 11.0 Å². The number of aromatic nitrogens is 6. The molecule has 5 heterocycles. The zero-order valence-electron chi connectivity index (χ0n) is 18.3. The van der Waals surface area contributed by atoms with Crippen LogP contribution in [0, 0.1) is 6.92 Å². The van der Waals surface area contributed by atoms with E-state index >= 15 is 0 Å². The lowest BCUT2D eigenvalue weighted by Crippen LogP contribution is -2.48. The molecule has 1 spiro atoms. The Morgan fingerprint density at radius 1 is 1.21 bits per heavy atom. The van der Waals surface area contributed by atoms with Gasteiger partial charge in [-0.1, -0.05) is 0 Å². The molecule has 4 aromatic rings. The van der Waals surface area contributed by atoms with Crippen LogP contribution >= 0.6 is 0 Å². The third-order valence-electron chi connectivity index (χ3n) is 7.06. The second-order valence-corrected chi connectivity index (χ2v) is 9.09. The first-order valence-electron chi connectivity index (χ1n) is 11.4. The number of alkyl halides is 2. The molecule has 172 valence electrons. The molecule has 1 aliphatic carbocycles. The summed E-state index contributed by atoms with van der Waals surface area (Å²) in [5.74, 6) is 1.12. The lowest BCUT2D eigenvalue weighted by molar-refractivity contribution is -0.165. The summed E-state index contributed by atoms with van der Waals surface area (Å²) in [6.45, 7) is 2.20. The Bertz CT molecular complexity index is 1320. The van der Waals surface area contributed by atoms with Crippen molar-refractivity contribution in [2.75, 3.05) is 11.9 Å². The molecule has 10 heteroatoms. The summed E-state index contributed by atoms with van der Waals surface area (Å²) in [5.41, 5.74) is 3.57. The second kappa shape index (κ2) is 7.72. The molecule has 0 atom stereocenters. The van der Waals surface area contributed by atoms with E-state index in [2.05, 4.69) is 30.2 Å². The number of H-pyrrole nitrogens is 1. The van der Waals surface area contributed by atoms with Crippen molar-refractivity contribution in [3.05, 3.63) is 30.5 Å². The Hall–Kier alpha value is -3.14. The van der Waals surface area contributed by atoms with Crippen LogP contribution in [0.2, 0.25) is 0 Å². The lowest BCUT2D eigenvalue weighted by atomic mass is 9.77. The van der Waals surface area contributed by atoms with E-state index in [1.807, 2.05) is 12.3 Å². The van der Waals surface area contributed by atoms with E-state index in [9.17, 15) is 8.78 Å². The van der Waals surface area contributed by atoms with Gasteiger partial charge in [0.15, 0.2) is 5.65 Å². The Morgan fingerprint density at radius 3 is 2.76 bits per heavy atom. The van der Waals surface area contributed by atoms with E-state index in [0.717, 1.165) is 54.5 Å². The number of pyridine rings is 1. The minimum Gasteiger partial charge on any atom is -0.375 e. The number of rotatable bonds is 5. The fraction of sp³-hybridized carbons (Fsp3) is 0.478. The number of hydrogen-bond acceptors (Lipinski definition) is 6. The number of nitrogens with zero attached hydrogens (tertiary/aromatic N) is 5. The Morgan fingerprint density at radius 2 is 2.03 bits per heavy atom. The van der Waals surface area contributed by atoms with Gasteiger partial charge < -0.3 is 19.6 Å². The van der Waals surface area contributed by atoms with Crippen molar-refractivity contribution in [2.24, 2.45) is 0 Å². The van der Waals surface area contributed by atoms with Crippen LogP contribution in [0.15, 0.2) is 24.7 Å². The van der Waals surface area contributed by atoms with Gasteiger partial charge in [-0.15, -0.1) is 0 Å².